The van der Waals surface area contributed by atoms with Crippen LogP contribution in [0.2, 0.25) is 0 Å². The number of azo groups is 1. The Bertz CT molecular complexity index is 309. The SMILES string of the molecule is O=C(O)CCCN=Nc1ccccc1. The van der Waals surface area contributed by atoms with Gasteiger partial charge in [-0.2, -0.15) is 10.2 Å². The van der Waals surface area contributed by atoms with Gasteiger partial charge >= 0.3 is 5.97 Å². The summed E-state index contributed by atoms with van der Waals surface area (Å²) in [6.07, 6.45) is 0.680. The van der Waals surface area contributed by atoms with Crippen molar-refractivity contribution in [1.82, 2.24) is 0 Å². The maximum atomic E-state index is 10.2. The van der Waals surface area contributed by atoms with Gasteiger partial charge in [-0.05, 0) is 18.6 Å². The first kappa shape index (κ1) is 10.4. The largest absolute Gasteiger partial charge is 0.481 e. The fourth-order valence-corrected chi connectivity index (χ4v) is 0.927. The van der Waals surface area contributed by atoms with E-state index in [-0.39, 0.29) is 6.42 Å². The Kier molecular flexibility index (Phi) is 4.34. The van der Waals surface area contributed by atoms with E-state index in [1.807, 2.05) is 30.3 Å². The van der Waals surface area contributed by atoms with Crippen LogP contribution >= 0.6 is 0 Å². The summed E-state index contributed by atoms with van der Waals surface area (Å²) in [5, 5.41) is 16.2. The van der Waals surface area contributed by atoms with Gasteiger partial charge in [-0.15, -0.1) is 0 Å². The van der Waals surface area contributed by atoms with Gasteiger partial charge in [0.2, 0.25) is 0 Å². The van der Waals surface area contributed by atoms with Gasteiger partial charge < -0.3 is 5.11 Å². The molecule has 0 amide bonds. The number of rotatable bonds is 5. The van der Waals surface area contributed by atoms with Crippen LogP contribution in [0, 0.1) is 0 Å². The lowest BCUT2D eigenvalue weighted by Crippen LogP contribution is -1.94. The highest BCUT2D eigenvalue weighted by Gasteiger charge is 1.94. The Labute approximate surface area is 82.3 Å². The molecule has 0 unspecified atom stereocenters. The average molecular weight is 192 g/mol. The molecule has 0 heterocycles. The van der Waals surface area contributed by atoms with Gasteiger partial charge in [0, 0.05) is 6.42 Å². The molecule has 1 rings (SSSR count). The second-order valence-electron chi connectivity index (χ2n) is 2.80. The van der Waals surface area contributed by atoms with E-state index in [0.717, 1.165) is 5.69 Å². The van der Waals surface area contributed by atoms with Crippen molar-refractivity contribution < 1.29 is 9.90 Å². The van der Waals surface area contributed by atoms with Crippen molar-refractivity contribution in [2.45, 2.75) is 12.8 Å². The Balaban J connectivity index is 2.25. The van der Waals surface area contributed by atoms with Gasteiger partial charge in [-0.1, -0.05) is 18.2 Å². The predicted molar refractivity (Wildman–Crippen MR) is 52.7 cm³/mol. The first-order chi connectivity index (χ1) is 6.79. The van der Waals surface area contributed by atoms with Crippen LogP contribution in [0.4, 0.5) is 5.69 Å². The van der Waals surface area contributed by atoms with E-state index in [1.165, 1.54) is 0 Å². The zero-order valence-corrected chi connectivity index (χ0v) is 7.76. The standard InChI is InChI=1S/C10H12N2O2/c13-10(14)7-4-8-11-12-9-5-2-1-3-6-9/h1-3,5-6H,4,7-8H2,(H,13,14). The number of hydrogen-bond acceptors (Lipinski definition) is 3. The van der Waals surface area contributed by atoms with Crippen molar-refractivity contribution in [2.75, 3.05) is 6.54 Å². The summed E-state index contributed by atoms with van der Waals surface area (Å²) in [6, 6.07) is 9.36. The topological polar surface area (TPSA) is 62.0 Å². The zero-order chi connectivity index (χ0) is 10.2. The Morgan fingerprint density at radius 3 is 2.64 bits per heavy atom. The molecule has 0 atom stereocenters. The third kappa shape index (κ3) is 4.35. The van der Waals surface area contributed by atoms with E-state index in [0.29, 0.717) is 13.0 Å². The molecule has 0 aliphatic heterocycles. The molecule has 4 heteroatoms. The van der Waals surface area contributed by atoms with Crippen LogP contribution < -0.4 is 0 Å². The molecule has 0 bridgehead atoms. The molecular formula is C10H12N2O2. The molecule has 1 aromatic carbocycles. The van der Waals surface area contributed by atoms with Gasteiger partial charge in [0.05, 0.1) is 12.2 Å². The number of carbonyl (C=O) groups is 1. The Morgan fingerprint density at radius 1 is 1.29 bits per heavy atom. The van der Waals surface area contributed by atoms with E-state index >= 15 is 0 Å². The minimum absolute atomic E-state index is 0.147. The molecule has 0 radical (unpaired) electrons. The monoisotopic (exact) mass is 192 g/mol. The third-order valence-electron chi connectivity index (χ3n) is 1.59. The van der Waals surface area contributed by atoms with E-state index in [9.17, 15) is 4.79 Å². The van der Waals surface area contributed by atoms with Crippen LogP contribution in [0.25, 0.3) is 0 Å². The first-order valence-electron chi connectivity index (χ1n) is 4.43. The molecule has 14 heavy (non-hydrogen) atoms. The molecule has 0 fully saturated rings. The third-order valence-corrected chi connectivity index (χ3v) is 1.59. The van der Waals surface area contributed by atoms with Gasteiger partial charge in [0.1, 0.15) is 0 Å². The van der Waals surface area contributed by atoms with Gasteiger partial charge in [-0.3, -0.25) is 4.79 Å². The Hall–Kier alpha value is -1.71. The molecule has 1 N–H and O–H groups in total. The molecule has 0 spiro atoms. The molecule has 0 saturated carbocycles. The smallest absolute Gasteiger partial charge is 0.303 e. The van der Waals surface area contributed by atoms with E-state index < -0.39 is 5.97 Å². The lowest BCUT2D eigenvalue weighted by atomic mass is 10.3. The minimum Gasteiger partial charge on any atom is -0.481 e. The van der Waals surface area contributed by atoms with Crippen molar-refractivity contribution in [2.24, 2.45) is 10.2 Å². The number of benzene rings is 1. The summed E-state index contributed by atoms with van der Waals surface area (Å²) in [4.78, 5) is 10.2. The molecule has 1 aromatic rings. The molecular weight excluding hydrogens is 180 g/mol. The van der Waals surface area contributed by atoms with E-state index in [4.69, 9.17) is 5.11 Å². The van der Waals surface area contributed by atoms with Crippen LogP contribution in [0.15, 0.2) is 40.6 Å². The number of aliphatic carboxylic acids is 1. The van der Waals surface area contributed by atoms with Crippen molar-refractivity contribution in [1.29, 1.82) is 0 Å². The van der Waals surface area contributed by atoms with Crippen molar-refractivity contribution >= 4 is 11.7 Å². The highest BCUT2D eigenvalue weighted by molar-refractivity contribution is 5.66. The van der Waals surface area contributed by atoms with Gasteiger partial charge in [-0.25, -0.2) is 0 Å². The summed E-state index contributed by atoms with van der Waals surface area (Å²) >= 11 is 0. The lowest BCUT2D eigenvalue weighted by Gasteiger charge is -1.91. The van der Waals surface area contributed by atoms with Crippen LogP contribution in [-0.4, -0.2) is 17.6 Å². The maximum Gasteiger partial charge on any atom is 0.303 e. The molecule has 0 saturated heterocycles. The van der Waals surface area contributed by atoms with Crippen LogP contribution in [0.5, 0.6) is 0 Å². The lowest BCUT2D eigenvalue weighted by molar-refractivity contribution is -0.137. The van der Waals surface area contributed by atoms with Gasteiger partial charge in [0.15, 0.2) is 0 Å². The second kappa shape index (κ2) is 5.85. The fourth-order valence-electron chi connectivity index (χ4n) is 0.927. The van der Waals surface area contributed by atoms with Crippen LogP contribution in [0.1, 0.15) is 12.8 Å². The number of nitrogens with zero attached hydrogens (tertiary/aromatic N) is 2. The number of carboxylic acids is 1. The maximum absolute atomic E-state index is 10.2. The zero-order valence-electron chi connectivity index (χ0n) is 7.76. The second-order valence-corrected chi connectivity index (χ2v) is 2.80. The summed E-state index contributed by atoms with van der Waals surface area (Å²) in [6.45, 7) is 0.460. The highest BCUT2D eigenvalue weighted by Crippen LogP contribution is 2.09. The van der Waals surface area contributed by atoms with E-state index in [2.05, 4.69) is 10.2 Å². The minimum atomic E-state index is -0.792. The fraction of sp³-hybridized carbons (Fsp3) is 0.300. The summed E-state index contributed by atoms with van der Waals surface area (Å²) in [7, 11) is 0. The quantitative estimate of drug-likeness (QED) is 0.575. The summed E-state index contributed by atoms with van der Waals surface area (Å²) in [5.74, 6) is -0.792. The van der Waals surface area contributed by atoms with Crippen molar-refractivity contribution in [3.05, 3.63) is 30.3 Å². The summed E-state index contributed by atoms with van der Waals surface area (Å²) in [5.41, 5.74) is 0.794. The predicted octanol–water partition coefficient (Wildman–Crippen LogP) is 2.64. The van der Waals surface area contributed by atoms with E-state index in [1.54, 1.807) is 0 Å². The first-order valence-corrected chi connectivity index (χ1v) is 4.43. The number of carboxylic acid groups (broad SMARTS) is 1. The average Bonchev–Trinajstić information content (AvgIpc) is 2.18. The van der Waals surface area contributed by atoms with Crippen molar-refractivity contribution in [3.8, 4) is 0 Å². The highest BCUT2D eigenvalue weighted by atomic mass is 16.4. The van der Waals surface area contributed by atoms with Crippen LogP contribution in [-0.2, 0) is 4.79 Å². The normalized spacial score (nSPS) is 10.6. The Morgan fingerprint density at radius 2 is 2.00 bits per heavy atom. The number of hydrogen-bond donors (Lipinski definition) is 1. The summed E-state index contributed by atoms with van der Waals surface area (Å²) < 4.78 is 0. The molecule has 74 valence electrons. The molecule has 0 aliphatic carbocycles. The van der Waals surface area contributed by atoms with Crippen LogP contribution in [0.3, 0.4) is 0 Å². The molecule has 0 aromatic heterocycles. The molecule has 0 aliphatic rings. The van der Waals surface area contributed by atoms with Gasteiger partial charge in [0.25, 0.3) is 0 Å². The molecule has 4 nitrogen and oxygen atoms in total. The van der Waals surface area contributed by atoms with Crippen molar-refractivity contribution in [3.63, 3.8) is 0 Å².